The minimum atomic E-state index is 0.533. The maximum atomic E-state index is 5.42. The molecule has 4 heteroatoms. The first-order chi connectivity index (χ1) is 7.27. The lowest BCUT2D eigenvalue weighted by Gasteiger charge is -2.08. The third-order valence-corrected chi connectivity index (χ3v) is 1.81. The summed E-state index contributed by atoms with van der Waals surface area (Å²) in [5, 5.41) is 3.29. The monoisotopic (exact) mass is 219 g/mol. The maximum absolute atomic E-state index is 5.42. The van der Waals surface area contributed by atoms with Gasteiger partial charge >= 0.3 is 0 Å². The number of hydrogen-bond donors (Lipinski definition) is 1. The molecule has 0 saturated heterocycles. The largest absolute Gasteiger partial charge is 0.382 e. The fourth-order valence-corrected chi connectivity index (χ4v) is 1.03. The Labute approximate surface area is 93.3 Å². The van der Waals surface area contributed by atoms with Crippen molar-refractivity contribution >= 4 is 0 Å². The van der Waals surface area contributed by atoms with E-state index in [2.05, 4.69) is 19.2 Å². The molecular weight excluding hydrogens is 194 g/mol. The fraction of sp³-hybridized carbons (Fsp3) is 1.00. The van der Waals surface area contributed by atoms with Gasteiger partial charge in [0.25, 0.3) is 0 Å². The predicted molar refractivity (Wildman–Crippen MR) is 61.3 cm³/mol. The van der Waals surface area contributed by atoms with Gasteiger partial charge in [0.15, 0.2) is 0 Å². The van der Waals surface area contributed by atoms with Crippen molar-refractivity contribution in [3.8, 4) is 0 Å². The van der Waals surface area contributed by atoms with Crippen molar-refractivity contribution in [2.24, 2.45) is 0 Å². The maximum Gasteiger partial charge on any atom is 0.0700 e. The summed E-state index contributed by atoms with van der Waals surface area (Å²) in [6.45, 7) is 8.81. The molecule has 0 bridgehead atoms. The summed E-state index contributed by atoms with van der Waals surface area (Å²) in [6, 6.07) is 0.533. The van der Waals surface area contributed by atoms with Crippen molar-refractivity contribution in [3.63, 3.8) is 0 Å². The molecule has 0 aromatic heterocycles. The lowest BCUT2D eigenvalue weighted by Crippen LogP contribution is -2.26. The summed E-state index contributed by atoms with van der Waals surface area (Å²) in [7, 11) is 1.67. The molecule has 0 saturated carbocycles. The van der Waals surface area contributed by atoms with Crippen LogP contribution in [-0.2, 0) is 14.2 Å². The zero-order valence-electron chi connectivity index (χ0n) is 10.3. The van der Waals surface area contributed by atoms with Crippen LogP contribution >= 0.6 is 0 Å². The number of nitrogens with one attached hydrogen (secondary N) is 1. The molecule has 0 unspecified atom stereocenters. The summed E-state index contributed by atoms with van der Waals surface area (Å²) < 4.78 is 15.6. The second-order valence-corrected chi connectivity index (χ2v) is 3.68. The highest BCUT2D eigenvalue weighted by Gasteiger charge is 1.92. The normalized spacial score (nSPS) is 11.2. The quantitative estimate of drug-likeness (QED) is 0.527. The molecule has 0 aromatic rings. The van der Waals surface area contributed by atoms with Crippen molar-refractivity contribution in [1.82, 2.24) is 5.32 Å². The summed E-state index contributed by atoms with van der Waals surface area (Å²) >= 11 is 0. The molecule has 0 aliphatic carbocycles. The van der Waals surface area contributed by atoms with Crippen LogP contribution in [0.4, 0.5) is 0 Å². The Morgan fingerprint density at radius 3 is 2.20 bits per heavy atom. The Morgan fingerprint density at radius 1 is 0.933 bits per heavy atom. The van der Waals surface area contributed by atoms with E-state index in [9.17, 15) is 0 Å². The first-order valence-electron chi connectivity index (χ1n) is 5.65. The second-order valence-electron chi connectivity index (χ2n) is 3.68. The van der Waals surface area contributed by atoms with Crippen molar-refractivity contribution in [2.45, 2.75) is 26.3 Å². The van der Waals surface area contributed by atoms with Crippen molar-refractivity contribution in [3.05, 3.63) is 0 Å². The Balaban J connectivity index is 2.87. The molecule has 0 atom stereocenters. The van der Waals surface area contributed by atoms with Crippen molar-refractivity contribution in [1.29, 1.82) is 0 Å². The molecule has 0 aromatic carbocycles. The molecule has 0 spiro atoms. The molecule has 0 rings (SSSR count). The van der Waals surface area contributed by atoms with E-state index in [1.54, 1.807) is 7.11 Å². The van der Waals surface area contributed by atoms with Gasteiger partial charge in [-0.05, 0) is 6.42 Å². The Hall–Kier alpha value is -0.160. The minimum Gasteiger partial charge on any atom is -0.382 e. The van der Waals surface area contributed by atoms with E-state index in [0.717, 1.165) is 32.8 Å². The summed E-state index contributed by atoms with van der Waals surface area (Å²) in [4.78, 5) is 0. The van der Waals surface area contributed by atoms with E-state index in [0.29, 0.717) is 19.3 Å². The molecule has 0 fully saturated rings. The third kappa shape index (κ3) is 13.8. The minimum absolute atomic E-state index is 0.533. The molecule has 92 valence electrons. The van der Waals surface area contributed by atoms with Gasteiger partial charge < -0.3 is 19.5 Å². The van der Waals surface area contributed by atoms with Gasteiger partial charge in [0.05, 0.1) is 19.8 Å². The van der Waals surface area contributed by atoms with Gasteiger partial charge in [-0.1, -0.05) is 13.8 Å². The SMILES string of the molecule is COCCOCCCOCCNC(C)C. The summed E-state index contributed by atoms with van der Waals surface area (Å²) in [5.41, 5.74) is 0. The highest BCUT2D eigenvalue weighted by Crippen LogP contribution is 1.85. The number of methoxy groups -OCH3 is 1. The van der Waals surface area contributed by atoms with E-state index in [4.69, 9.17) is 14.2 Å². The average Bonchev–Trinajstić information content (AvgIpc) is 2.20. The Bertz CT molecular complexity index is 120. The number of rotatable bonds is 11. The van der Waals surface area contributed by atoms with Gasteiger partial charge in [-0.3, -0.25) is 0 Å². The van der Waals surface area contributed by atoms with Gasteiger partial charge in [0.2, 0.25) is 0 Å². The molecule has 1 N–H and O–H groups in total. The van der Waals surface area contributed by atoms with Crippen LogP contribution < -0.4 is 5.32 Å². The molecule has 4 nitrogen and oxygen atoms in total. The predicted octanol–water partition coefficient (Wildman–Crippen LogP) is 1.05. The number of hydrogen-bond acceptors (Lipinski definition) is 4. The highest BCUT2D eigenvalue weighted by atomic mass is 16.5. The Morgan fingerprint density at radius 2 is 1.60 bits per heavy atom. The van der Waals surface area contributed by atoms with Crippen LogP contribution in [0.5, 0.6) is 0 Å². The van der Waals surface area contributed by atoms with E-state index >= 15 is 0 Å². The molecule has 0 radical (unpaired) electrons. The van der Waals surface area contributed by atoms with Gasteiger partial charge in [-0.2, -0.15) is 0 Å². The smallest absolute Gasteiger partial charge is 0.0700 e. The lowest BCUT2D eigenvalue weighted by molar-refractivity contribution is 0.0517. The van der Waals surface area contributed by atoms with Crippen molar-refractivity contribution in [2.75, 3.05) is 46.7 Å². The van der Waals surface area contributed by atoms with Gasteiger partial charge in [-0.25, -0.2) is 0 Å². The van der Waals surface area contributed by atoms with Gasteiger partial charge in [0.1, 0.15) is 0 Å². The fourth-order valence-electron chi connectivity index (χ4n) is 1.03. The number of ether oxygens (including phenoxy) is 3. The zero-order valence-corrected chi connectivity index (χ0v) is 10.3. The second kappa shape index (κ2) is 11.9. The molecule has 0 aliphatic rings. The highest BCUT2D eigenvalue weighted by molar-refractivity contribution is 4.50. The molecule has 0 heterocycles. The van der Waals surface area contributed by atoms with Gasteiger partial charge in [0, 0.05) is 32.9 Å². The van der Waals surface area contributed by atoms with Crippen LogP contribution in [-0.4, -0.2) is 52.7 Å². The van der Waals surface area contributed by atoms with Crippen LogP contribution in [0.3, 0.4) is 0 Å². The summed E-state index contributed by atoms with van der Waals surface area (Å²) in [6.07, 6.45) is 0.950. The summed E-state index contributed by atoms with van der Waals surface area (Å²) in [5.74, 6) is 0. The average molecular weight is 219 g/mol. The molecular formula is C11H25NO3. The standard InChI is InChI=1S/C11H25NO3/c1-11(2)12-5-8-14-6-4-7-15-10-9-13-3/h11-12H,4-10H2,1-3H3. The van der Waals surface area contributed by atoms with Crippen LogP contribution in [0.25, 0.3) is 0 Å². The zero-order chi connectivity index (χ0) is 11.4. The van der Waals surface area contributed by atoms with Crippen LogP contribution in [0.1, 0.15) is 20.3 Å². The van der Waals surface area contributed by atoms with E-state index in [1.165, 1.54) is 0 Å². The first kappa shape index (κ1) is 14.8. The third-order valence-electron chi connectivity index (χ3n) is 1.81. The first-order valence-corrected chi connectivity index (χ1v) is 5.65. The van der Waals surface area contributed by atoms with Gasteiger partial charge in [-0.15, -0.1) is 0 Å². The lowest BCUT2D eigenvalue weighted by atomic mass is 10.4. The molecule has 0 aliphatic heterocycles. The van der Waals surface area contributed by atoms with Crippen molar-refractivity contribution < 1.29 is 14.2 Å². The van der Waals surface area contributed by atoms with E-state index < -0.39 is 0 Å². The van der Waals surface area contributed by atoms with Crippen LogP contribution in [0, 0.1) is 0 Å². The van der Waals surface area contributed by atoms with E-state index in [1.807, 2.05) is 0 Å². The van der Waals surface area contributed by atoms with Crippen LogP contribution in [0.2, 0.25) is 0 Å². The van der Waals surface area contributed by atoms with E-state index in [-0.39, 0.29) is 0 Å². The topological polar surface area (TPSA) is 39.7 Å². The molecule has 15 heavy (non-hydrogen) atoms. The molecule has 0 amide bonds. The Kier molecular flexibility index (Phi) is 11.8. The van der Waals surface area contributed by atoms with Crippen LogP contribution in [0.15, 0.2) is 0 Å².